The van der Waals surface area contributed by atoms with E-state index in [2.05, 4.69) is 9.97 Å². The number of fused-ring (bicyclic) bond motifs is 1. The van der Waals surface area contributed by atoms with Crippen LogP contribution in [0.5, 0.6) is 0 Å². The lowest BCUT2D eigenvalue weighted by atomic mass is 9.98. The van der Waals surface area contributed by atoms with E-state index >= 15 is 0 Å². The quantitative estimate of drug-likeness (QED) is 0.213. The fourth-order valence-corrected chi connectivity index (χ4v) is 3.11. The number of aliphatic hydroxyl groups is 1. The molecule has 0 amide bonds. The Morgan fingerprint density at radius 3 is 2.30 bits per heavy atom. The number of H-pyrrole nitrogens is 1. The number of carbonyl (C=O) groups is 2. The zero-order chi connectivity index (χ0) is 21.3. The maximum atomic E-state index is 13.7. The van der Waals surface area contributed by atoms with Crippen LogP contribution in [0, 0.1) is 11.6 Å². The second-order valence-electron chi connectivity index (χ2n) is 6.56. The van der Waals surface area contributed by atoms with Crippen LogP contribution in [0.25, 0.3) is 22.4 Å². The summed E-state index contributed by atoms with van der Waals surface area (Å²) >= 11 is 0. The highest BCUT2D eigenvalue weighted by Gasteiger charge is 2.24. The highest BCUT2D eigenvalue weighted by atomic mass is 19.1. The first-order valence-electron chi connectivity index (χ1n) is 8.91. The molecule has 0 saturated heterocycles. The number of aromatic amines is 1. The Morgan fingerprint density at radius 2 is 1.63 bits per heavy atom. The molecule has 0 aliphatic heterocycles. The summed E-state index contributed by atoms with van der Waals surface area (Å²) in [5.74, 6) is -3.01. The lowest BCUT2D eigenvalue weighted by molar-refractivity contribution is 0.105. The average molecular weight is 404 g/mol. The molecule has 0 atom stereocenters. The Balaban J connectivity index is 1.96. The van der Waals surface area contributed by atoms with Crippen molar-refractivity contribution in [3.63, 3.8) is 0 Å². The van der Waals surface area contributed by atoms with Gasteiger partial charge in [-0.3, -0.25) is 9.59 Å². The lowest BCUT2D eigenvalue weighted by Crippen LogP contribution is -2.07. The number of allylic oxidation sites excluding steroid dienone is 1. The van der Waals surface area contributed by atoms with Crippen LogP contribution < -0.4 is 0 Å². The van der Waals surface area contributed by atoms with Crippen molar-refractivity contribution >= 4 is 34.4 Å². The summed E-state index contributed by atoms with van der Waals surface area (Å²) in [4.78, 5) is 31.5. The number of imidazole rings is 1. The number of nitrogens with zero attached hydrogens (tertiary/aromatic N) is 1. The monoisotopic (exact) mass is 404 g/mol. The van der Waals surface area contributed by atoms with Gasteiger partial charge in [0.2, 0.25) is 5.78 Å². The Hall–Kier alpha value is -4.13. The average Bonchev–Trinajstić information content (AvgIpc) is 3.16. The van der Waals surface area contributed by atoms with Crippen molar-refractivity contribution in [2.24, 2.45) is 0 Å². The van der Waals surface area contributed by atoms with Gasteiger partial charge in [-0.2, -0.15) is 0 Å². The molecule has 0 aliphatic rings. The minimum atomic E-state index is -0.900. The van der Waals surface area contributed by atoms with E-state index in [-0.39, 0.29) is 22.5 Å². The molecule has 3 aromatic carbocycles. The molecule has 148 valence electrons. The summed E-state index contributed by atoms with van der Waals surface area (Å²) < 4.78 is 27.4. The van der Waals surface area contributed by atoms with Gasteiger partial charge in [-0.25, -0.2) is 13.8 Å². The Morgan fingerprint density at radius 1 is 0.933 bits per heavy atom. The van der Waals surface area contributed by atoms with E-state index in [4.69, 9.17) is 0 Å². The number of halogens is 2. The summed E-state index contributed by atoms with van der Waals surface area (Å²) in [5.41, 5.74) is 1.10. The first-order valence-corrected chi connectivity index (χ1v) is 8.91. The van der Waals surface area contributed by atoms with Gasteiger partial charge in [-0.05, 0) is 30.3 Å². The van der Waals surface area contributed by atoms with Gasteiger partial charge >= 0.3 is 0 Å². The number of rotatable bonds is 5. The number of benzene rings is 3. The number of hydrogen-bond donors (Lipinski definition) is 2. The van der Waals surface area contributed by atoms with Crippen molar-refractivity contribution in [2.45, 2.75) is 0 Å². The molecule has 0 aliphatic carbocycles. The van der Waals surface area contributed by atoms with Crippen LogP contribution in [0.2, 0.25) is 0 Å². The fraction of sp³-hybridized carbons (Fsp3) is 0. The van der Waals surface area contributed by atoms with Crippen molar-refractivity contribution < 1.29 is 23.5 Å². The molecule has 30 heavy (non-hydrogen) atoms. The third-order valence-corrected chi connectivity index (χ3v) is 4.51. The summed E-state index contributed by atoms with van der Waals surface area (Å²) in [5, 5.41) is 10.8. The Bertz CT molecular complexity index is 1290. The molecule has 4 aromatic rings. The molecule has 0 fully saturated rings. The molecule has 1 heterocycles. The van der Waals surface area contributed by atoms with E-state index in [1.54, 1.807) is 48.5 Å². The highest BCUT2D eigenvalue weighted by Crippen LogP contribution is 2.29. The van der Waals surface area contributed by atoms with Crippen molar-refractivity contribution in [3.8, 4) is 0 Å². The van der Waals surface area contributed by atoms with E-state index in [0.717, 1.165) is 12.1 Å². The van der Waals surface area contributed by atoms with Gasteiger partial charge in [-0.1, -0.05) is 30.3 Å². The van der Waals surface area contributed by atoms with Crippen molar-refractivity contribution in [3.05, 3.63) is 101 Å². The van der Waals surface area contributed by atoms with Crippen LogP contribution in [0.15, 0.2) is 66.7 Å². The van der Waals surface area contributed by atoms with Crippen LogP contribution in [0.1, 0.15) is 32.1 Å². The zero-order valence-electron chi connectivity index (χ0n) is 15.4. The summed E-state index contributed by atoms with van der Waals surface area (Å²) in [6.07, 6.45) is 0.665. The topological polar surface area (TPSA) is 83.1 Å². The number of hydrogen-bond acceptors (Lipinski definition) is 4. The molecule has 0 spiro atoms. The van der Waals surface area contributed by atoms with Crippen LogP contribution in [-0.2, 0) is 0 Å². The molecule has 4 rings (SSSR count). The van der Waals surface area contributed by atoms with Crippen LogP contribution in [0.3, 0.4) is 0 Å². The van der Waals surface area contributed by atoms with Gasteiger partial charge in [-0.15, -0.1) is 0 Å². The third-order valence-electron chi connectivity index (χ3n) is 4.51. The second kappa shape index (κ2) is 7.71. The maximum Gasteiger partial charge on any atom is 0.200 e. The molecule has 2 N–H and O–H groups in total. The smallest absolute Gasteiger partial charge is 0.200 e. The molecule has 5 nitrogen and oxygen atoms in total. The van der Waals surface area contributed by atoms with Crippen molar-refractivity contribution in [2.75, 3.05) is 0 Å². The predicted molar refractivity (Wildman–Crippen MR) is 108 cm³/mol. The second-order valence-corrected chi connectivity index (χ2v) is 6.56. The highest BCUT2D eigenvalue weighted by molar-refractivity contribution is 6.33. The minimum absolute atomic E-state index is 0.00377. The normalized spacial score (nSPS) is 11.9. The van der Waals surface area contributed by atoms with E-state index < -0.39 is 23.2 Å². The van der Waals surface area contributed by atoms with Crippen LogP contribution >= 0.6 is 0 Å². The lowest BCUT2D eigenvalue weighted by Gasteiger charge is -2.09. The minimum Gasteiger partial charge on any atom is -0.506 e. The van der Waals surface area contributed by atoms with Gasteiger partial charge in [0.1, 0.15) is 35.1 Å². The Kier molecular flexibility index (Phi) is 4.93. The van der Waals surface area contributed by atoms with Gasteiger partial charge in [0.25, 0.3) is 0 Å². The third kappa shape index (κ3) is 3.60. The predicted octanol–water partition coefficient (Wildman–Crippen LogP) is 4.96. The number of aldehydes is 1. The number of ketones is 1. The van der Waals surface area contributed by atoms with E-state index in [9.17, 15) is 23.5 Å². The number of Topliss-reactive ketones (excluding diaryl/α,β-unsaturated/α-hetero) is 1. The zero-order valence-corrected chi connectivity index (χ0v) is 15.4. The number of carbonyl (C=O) groups excluding carboxylic acids is 2. The molecule has 0 radical (unpaired) electrons. The van der Waals surface area contributed by atoms with Crippen molar-refractivity contribution in [1.82, 2.24) is 9.97 Å². The first kappa shape index (κ1) is 19.2. The van der Waals surface area contributed by atoms with Crippen LogP contribution in [-0.4, -0.2) is 27.1 Å². The van der Waals surface area contributed by atoms with Gasteiger partial charge in [0.15, 0.2) is 0 Å². The van der Waals surface area contributed by atoms with Gasteiger partial charge < -0.3 is 10.1 Å². The first-order chi connectivity index (χ1) is 14.5. The number of nitrogens with one attached hydrogen (secondary N) is 1. The fourth-order valence-electron chi connectivity index (χ4n) is 3.11. The summed E-state index contributed by atoms with van der Waals surface area (Å²) in [6.45, 7) is 0. The molecule has 0 bridgehead atoms. The van der Waals surface area contributed by atoms with Gasteiger partial charge in [0, 0.05) is 22.8 Å². The molecule has 1 aromatic heterocycles. The van der Waals surface area contributed by atoms with Gasteiger partial charge in [0.05, 0.1) is 11.0 Å². The number of aromatic nitrogens is 2. The molecular weight excluding hydrogens is 390 g/mol. The van der Waals surface area contributed by atoms with E-state index in [1.165, 1.54) is 0 Å². The number of aliphatic hydroxyl groups excluding tert-OH is 1. The van der Waals surface area contributed by atoms with E-state index in [1.807, 2.05) is 0 Å². The molecular formula is C23H14F2N2O3. The SMILES string of the molecule is O=Cc1ccc2nc(/C(C(=O)c3ccccc3)=C(/O)c3cc(F)cc(F)c3)[nH]c2c1. The molecule has 7 heteroatoms. The molecule has 0 unspecified atom stereocenters. The standard InChI is InChI=1S/C23H14F2N2O3/c24-16-9-15(10-17(25)11-16)22(30)20(21(29)14-4-2-1-3-5-14)23-26-18-7-6-13(12-28)8-19(18)27-23/h1-12,30H,(H,26,27)/b22-20+. The summed E-state index contributed by atoms with van der Waals surface area (Å²) in [6, 6.07) is 15.3. The van der Waals surface area contributed by atoms with Crippen LogP contribution in [0.4, 0.5) is 8.78 Å². The summed E-state index contributed by atoms with van der Waals surface area (Å²) in [7, 11) is 0. The maximum absolute atomic E-state index is 13.7. The largest absolute Gasteiger partial charge is 0.506 e. The van der Waals surface area contributed by atoms with Crippen molar-refractivity contribution in [1.29, 1.82) is 0 Å². The molecule has 0 saturated carbocycles. The van der Waals surface area contributed by atoms with E-state index in [0.29, 0.717) is 28.9 Å². The Labute approximate surface area is 169 Å².